The second-order valence-corrected chi connectivity index (χ2v) is 4.39. The monoisotopic (exact) mass is 223 g/mol. The predicted octanol–water partition coefficient (Wildman–Crippen LogP) is 1.20. The van der Waals surface area contributed by atoms with Crippen LogP contribution in [0.2, 0.25) is 0 Å². The summed E-state index contributed by atoms with van der Waals surface area (Å²) in [5, 5.41) is 18.6. The molecule has 3 nitrogen and oxygen atoms in total. The van der Waals surface area contributed by atoms with E-state index in [4.69, 9.17) is 0 Å². The van der Waals surface area contributed by atoms with E-state index in [1.165, 1.54) is 11.1 Å². The van der Waals surface area contributed by atoms with Gasteiger partial charge in [-0.05, 0) is 32.1 Å². The maximum atomic E-state index is 9.31. The third kappa shape index (κ3) is 2.82. The van der Waals surface area contributed by atoms with Crippen LogP contribution in [0.1, 0.15) is 17.2 Å². The normalized spacial score (nSPS) is 13.4. The molecular formula is C13H21NO2. The Labute approximate surface area is 97.3 Å². The molecule has 3 heteroatoms. The van der Waals surface area contributed by atoms with Crippen LogP contribution < -0.4 is 0 Å². The van der Waals surface area contributed by atoms with Gasteiger partial charge in [-0.15, -0.1) is 0 Å². The smallest absolute Gasteiger partial charge is 0.0499 e. The number of aliphatic hydroxyl groups is 2. The highest BCUT2D eigenvalue weighted by molar-refractivity contribution is 5.29. The molecule has 1 unspecified atom stereocenters. The Morgan fingerprint density at radius 3 is 2.12 bits per heavy atom. The summed E-state index contributed by atoms with van der Waals surface area (Å²) in [5.74, 6) is -0.143. The van der Waals surface area contributed by atoms with Crippen LogP contribution in [0.25, 0.3) is 0 Å². The number of aliphatic hydroxyl groups excluding tert-OH is 2. The Hall–Kier alpha value is -0.900. The van der Waals surface area contributed by atoms with Crippen molar-refractivity contribution in [1.29, 1.82) is 0 Å². The van der Waals surface area contributed by atoms with Gasteiger partial charge in [0.1, 0.15) is 0 Å². The van der Waals surface area contributed by atoms with Crippen molar-refractivity contribution in [2.75, 3.05) is 27.3 Å². The Balaban J connectivity index is 3.07. The quantitative estimate of drug-likeness (QED) is 0.788. The van der Waals surface area contributed by atoms with E-state index in [-0.39, 0.29) is 25.2 Å². The number of nitrogens with zero attached hydrogens (tertiary/aromatic N) is 1. The molecule has 0 fully saturated rings. The summed E-state index contributed by atoms with van der Waals surface area (Å²) in [4.78, 5) is 2.04. The molecule has 2 N–H and O–H groups in total. The lowest BCUT2D eigenvalue weighted by atomic mass is 9.90. The first-order valence-electron chi connectivity index (χ1n) is 5.55. The minimum absolute atomic E-state index is 0.00627. The van der Waals surface area contributed by atoms with Crippen LogP contribution in [-0.4, -0.2) is 42.4 Å². The molecule has 0 spiro atoms. The first-order valence-corrected chi connectivity index (χ1v) is 5.55. The molecule has 0 saturated heterocycles. The molecule has 0 aliphatic rings. The number of hydrogen-bond donors (Lipinski definition) is 2. The number of rotatable bonds is 5. The molecule has 1 aromatic carbocycles. The average molecular weight is 223 g/mol. The van der Waals surface area contributed by atoms with Crippen molar-refractivity contribution in [2.24, 2.45) is 5.92 Å². The molecule has 16 heavy (non-hydrogen) atoms. The Morgan fingerprint density at radius 2 is 1.69 bits per heavy atom. The van der Waals surface area contributed by atoms with Crippen molar-refractivity contribution in [3.63, 3.8) is 0 Å². The first kappa shape index (κ1) is 13.2. The fourth-order valence-corrected chi connectivity index (χ4v) is 2.13. The average Bonchev–Trinajstić information content (AvgIpc) is 2.27. The van der Waals surface area contributed by atoms with Gasteiger partial charge in [-0.25, -0.2) is 0 Å². The van der Waals surface area contributed by atoms with E-state index in [1.807, 2.05) is 31.1 Å². The highest BCUT2D eigenvalue weighted by Gasteiger charge is 2.25. The zero-order chi connectivity index (χ0) is 12.1. The van der Waals surface area contributed by atoms with E-state index in [0.29, 0.717) is 0 Å². The number of hydrogen-bond acceptors (Lipinski definition) is 3. The van der Waals surface area contributed by atoms with Gasteiger partial charge in [0.25, 0.3) is 0 Å². The van der Waals surface area contributed by atoms with E-state index in [1.54, 1.807) is 0 Å². The molecule has 0 bridgehead atoms. The summed E-state index contributed by atoms with van der Waals surface area (Å²) in [6.45, 7) is 2.04. The summed E-state index contributed by atoms with van der Waals surface area (Å²) in [7, 11) is 3.94. The lowest BCUT2D eigenvalue weighted by Gasteiger charge is -2.31. The molecule has 0 amide bonds. The lowest BCUT2D eigenvalue weighted by Crippen LogP contribution is -2.32. The molecular weight excluding hydrogens is 202 g/mol. The van der Waals surface area contributed by atoms with Gasteiger partial charge in [0.2, 0.25) is 0 Å². The molecule has 0 aliphatic heterocycles. The van der Waals surface area contributed by atoms with Gasteiger partial charge in [0.05, 0.1) is 0 Å². The molecule has 90 valence electrons. The molecule has 0 saturated carbocycles. The highest BCUT2D eigenvalue weighted by atomic mass is 16.3. The van der Waals surface area contributed by atoms with Gasteiger partial charge in [-0.3, -0.25) is 0 Å². The lowest BCUT2D eigenvalue weighted by molar-refractivity contribution is 0.0806. The van der Waals surface area contributed by atoms with Crippen molar-refractivity contribution < 1.29 is 10.2 Å². The van der Waals surface area contributed by atoms with Crippen molar-refractivity contribution in [1.82, 2.24) is 4.90 Å². The molecule has 1 aromatic rings. The summed E-state index contributed by atoms with van der Waals surface area (Å²) in [6, 6.07) is 8.15. The molecule has 0 aliphatic carbocycles. The predicted molar refractivity (Wildman–Crippen MR) is 65.3 cm³/mol. The topological polar surface area (TPSA) is 43.7 Å². The minimum atomic E-state index is -0.143. The van der Waals surface area contributed by atoms with E-state index in [0.717, 1.165) is 0 Å². The van der Waals surface area contributed by atoms with E-state index >= 15 is 0 Å². The summed E-state index contributed by atoms with van der Waals surface area (Å²) >= 11 is 0. The highest BCUT2D eigenvalue weighted by Crippen LogP contribution is 2.28. The molecule has 0 heterocycles. The maximum Gasteiger partial charge on any atom is 0.0499 e. The summed E-state index contributed by atoms with van der Waals surface area (Å²) in [5.41, 5.74) is 2.36. The van der Waals surface area contributed by atoms with Gasteiger partial charge < -0.3 is 15.1 Å². The van der Waals surface area contributed by atoms with Crippen LogP contribution in [0.3, 0.4) is 0 Å². The minimum Gasteiger partial charge on any atom is -0.396 e. The standard InChI is InChI=1S/C13H21NO2/c1-10-6-4-5-7-12(10)13(14(2)3)11(8-15)9-16/h4-7,11,13,15-16H,8-9H2,1-3H3. The van der Waals surface area contributed by atoms with Gasteiger partial charge >= 0.3 is 0 Å². The third-order valence-corrected chi connectivity index (χ3v) is 2.98. The van der Waals surface area contributed by atoms with Crippen LogP contribution in [0.4, 0.5) is 0 Å². The number of benzene rings is 1. The fourth-order valence-electron chi connectivity index (χ4n) is 2.13. The Morgan fingerprint density at radius 1 is 1.12 bits per heavy atom. The van der Waals surface area contributed by atoms with Gasteiger partial charge in [-0.2, -0.15) is 0 Å². The molecule has 0 radical (unpaired) electrons. The summed E-state index contributed by atoms with van der Waals surface area (Å²) < 4.78 is 0. The van der Waals surface area contributed by atoms with Crippen LogP contribution >= 0.6 is 0 Å². The first-order chi connectivity index (χ1) is 7.61. The third-order valence-electron chi connectivity index (χ3n) is 2.98. The van der Waals surface area contributed by atoms with Gasteiger partial charge in [0, 0.05) is 25.2 Å². The Bertz CT molecular complexity index is 321. The number of aryl methyl sites for hydroxylation is 1. The second-order valence-electron chi connectivity index (χ2n) is 4.39. The zero-order valence-electron chi connectivity index (χ0n) is 10.2. The van der Waals surface area contributed by atoms with E-state index in [2.05, 4.69) is 19.1 Å². The molecule has 1 atom stereocenters. The molecule has 0 aromatic heterocycles. The van der Waals surface area contributed by atoms with Crippen molar-refractivity contribution in [3.05, 3.63) is 35.4 Å². The SMILES string of the molecule is Cc1ccccc1C(C(CO)CO)N(C)C. The largest absolute Gasteiger partial charge is 0.396 e. The van der Waals surface area contributed by atoms with E-state index < -0.39 is 0 Å². The van der Waals surface area contributed by atoms with Crippen LogP contribution in [0.5, 0.6) is 0 Å². The van der Waals surface area contributed by atoms with Gasteiger partial charge in [0.15, 0.2) is 0 Å². The molecule has 1 rings (SSSR count). The summed E-state index contributed by atoms with van der Waals surface area (Å²) in [6.07, 6.45) is 0. The van der Waals surface area contributed by atoms with Crippen LogP contribution in [0, 0.1) is 12.8 Å². The fraction of sp³-hybridized carbons (Fsp3) is 0.538. The zero-order valence-corrected chi connectivity index (χ0v) is 10.2. The van der Waals surface area contributed by atoms with Crippen molar-refractivity contribution >= 4 is 0 Å². The van der Waals surface area contributed by atoms with Crippen LogP contribution in [-0.2, 0) is 0 Å². The second kappa shape index (κ2) is 5.99. The van der Waals surface area contributed by atoms with Gasteiger partial charge in [-0.1, -0.05) is 24.3 Å². The van der Waals surface area contributed by atoms with Crippen molar-refractivity contribution in [3.8, 4) is 0 Å². The van der Waals surface area contributed by atoms with E-state index in [9.17, 15) is 10.2 Å². The Kier molecular flexibility index (Phi) is 4.93. The van der Waals surface area contributed by atoms with Crippen molar-refractivity contribution in [2.45, 2.75) is 13.0 Å². The maximum absolute atomic E-state index is 9.31. The van der Waals surface area contributed by atoms with Crippen LogP contribution in [0.15, 0.2) is 24.3 Å².